The van der Waals surface area contributed by atoms with Crippen molar-refractivity contribution in [2.45, 2.75) is 109 Å². The van der Waals surface area contributed by atoms with Gasteiger partial charge in [0.05, 0.1) is 19.3 Å². The number of esters is 1. The van der Waals surface area contributed by atoms with Crippen molar-refractivity contribution in [2.75, 3.05) is 13.2 Å². The number of amides is 3. The smallest absolute Gasteiger partial charge is 0.471 e. The van der Waals surface area contributed by atoms with E-state index >= 15 is 0 Å². The minimum Gasteiger partial charge on any atom is -0.480 e. The van der Waals surface area contributed by atoms with Crippen LogP contribution >= 0.6 is 0 Å². The van der Waals surface area contributed by atoms with E-state index in [9.17, 15) is 42.3 Å². The van der Waals surface area contributed by atoms with E-state index in [2.05, 4.69) is 5.32 Å². The summed E-state index contributed by atoms with van der Waals surface area (Å²) < 4.78 is 47.7. The second kappa shape index (κ2) is 15.4. The normalized spacial score (nSPS) is 23.4. The molecule has 2 aliphatic rings. The first-order valence-electron chi connectivity index (χ1n) is 14.4. The summed E-state index contributed by atoms with van der Waals surface area (Å²) in [6.45, 7) is 6.72. The summed E-state index contributed by atoms with van der Waals surface area (Å²) in [5.74, 6) is -5.30. The first kappa shape index (κ1) is 35.8. The van der Waals surface area contributed by atoms with Gasteiger partial charge in [-0.1, -0.05) is 25.0 Å². The maximum Gasteiger partial charge on any atom is 0.471 e. The van der Waals surface area contributed by atoms with Gasteiger partial charge in [-0.25, -0.2) is 14.4 Å². The van der Waals surface area contributed by atoms with Gasteiger partial charge in [0.2, 0.25) is 5.91 Å². The Morgan fingerprint density at radius 1 is 1.05 bits per heavy atom. The fraction of sp³-hybridized carbons (Fsp3) is 0.750. The maximum atomic E-state index is 13.2. The average Bonchev–Trinajstić information content (AvgIpc) is 3.53. The number of rotatable bonds is 14. The van der Waals surface area contributed by atoms with Gasteiger partial charge in [-0.3, -0.25) is 14.5 Å². The van der Waals surface area contributed by atoms with Crippen LogP contribution in [0.3, 0.4) is 0 Å². The van der Waals surface area contributed by atoms with Gasteiger partial charge in [-0.2, -0.15) is 13.2 Å². The number of alkyl halides is 3. The monoisotopic (exact) mass is 621 g/mol. The second-order valence-corrected chi connectivity index (χ2v) is 11.8. The third-order valence-corrected chi connectivity index (χ3v) is 6.97. The van der Waals surface area contributed by atoms with Crippen molar-refractivity contribution >= 4 is 29.8 Å². The molecule has 15 heteroatoms. The molecule has 12 nitrogen and oxygen atoms in total. The summed E-state index contributed by atoms with van der Waals surface area (Å²) in [7, 11) is 0. The molecule has 4 N–H and O–H groups in total. The molecule has 1 saturated carbocycles. The predicted molar refractivity (Wildman–Crippen MR) is 145 cm³/mol. The third kappa shape index (κ3) is 11.7. The standard InChI is InChI=1S/C28H42F3N3O9/c1-5-42-24(39)21(33-22(36)20-14-17(35)15-34(20)26(41)43-27(2,3)4)18-13-16(18)11-9-7-6-8-10-12-19(23(37)38)32-25(40)28(29,30)31/h9,11,16-21,35H,5-8,10,12-15H2,1-4H3,(H,32,40)(H,33,36)(H,37,38)/b11-9-/t16-,17+,18?,19-,20-,21?/m0/s1. The highest BCUT2D eigenvalue weighted by molar-refractivity contribution is 5.90. The number of hydrogen-bond acceptors (Lipinski definition) is 8. The number of halogens is 3. The van der Waals surface area contributed by atoms with Gasteiger partial charge >= 0.3 is 30.1 Å². The van der Waals surface area contributed by atoms with Gasteiger partial charge in [-0.05, 0) is 65.2 Å². The Labute approximate surface area is 248 Å². The number of carbonyl (C=O) groups is 5. The van der Waals surface area contributed by atoms with E-state index in [1.807, 2.05) is 12.2 Å². The van der Waals surface area contributed by atoms with Crippen molar-refractivity contribution in [1.29, 1.82) is 0 Å². The predicted octanol–water partition coefficient (Wildman–Crippen LogP) is 2.68. The quantitative estimate of drug-likeness (QED) is 0.129. The first-order valence-corrected chi connectivity index (χ1v) is 14.4. The molecule has 1 aliphatic heterocycles. The summed E-state index contributed by atoms with van der Waals surface area (Å²) in [6.07, 6.45) is -0.556. The summed E-state index contributed by atoms with van der Waals surface area (Å²) in [6, 6.07) is -3.60. The maximum absolute atomic E-state index is 13.2. The largest absolute Gasteiger partial charge is 0.480 e. The zero-order valence-electron chi connectivity index (χ0n) is 24.8. The summed E-state index contributed by atoms with van der Waals surface area (Å²) in [5.41, 5.74) is -0.804. The number of aliphatic carboxylic acids is 1. The molecule has 0 aromatic carbocycles. The molecule has 3 amide bonds. The topological polar surface area (TPSA) is 172 Å². The van der Waals surface area contributed by atoms with Gasteiger partial charge in [-0.15, -0.1) is 0 Å². The molecule has 2 unspecified atom stereocenters. The number of carboxylic acids is 1. The Kier molecular flexibility index (Phi) is 12.8. The number of likely N-dealkylation sites (tertiary alicyclic amines) is 1. The lowest BCUT2D eigenvalue weighted by atomic mass is 10.1. The highest BCUT2D eigenvalue weighted by atomic mass is 19.4. The number of allylic oxidation sites excluding steroid dienone is 2. The number of β-amino-alcohol motifs (C(OH)–C–C–N with tert-alkyl or cyclic N) is 1. The molecule has 0 bridgehead atoms. The van der Waals surface area contributed by atoms with Crippen LogP contribution in [0, 0.1) is 11.8 Å². The molecule has 0 radical (unpaired) electrons. The highest BCUT2D eigenvalue weighted by Gasteiger charge is 2.48. The Balaban J connectivity index is 1.87. The van der Waals surface area contributed by atoms with Crippen molar-refractivity contribution in [2.24, 2.45) is 11.8 Å². The van der Waals surface area contributed by atoms with E-state index in [4.69, 9.17) is 14.6 Å². The van der Waals surface area contributed by atoms with Crippen molar-refractivity contribution in [3.63, 3.8) is 0 Å². The van der Waals surface area contributed by atoms with Gasteiger partial charge in [0.1, 0.15) is 23.7 Å². The Morgan fingerprint density at radius 3 is 2.30 bits per heavy atom. The van der Waals surface area contributed by atoms with Gasteiger partial charge in [0.15, 0.2) is 0 Å². The Bertz CT molecular complexity index is 1040. The van der Waals surface area contributed by atoms with Crippen LogP contribution in [0.25, 0.3) is 0 Å². The molecule has 0 spiro atoms. The lowest BCUT2D eigenvalue weighted by Gasteiger charge is -2.28. The summed E-state index contributed by atoms with van der Waals surface area (Å²) in [5, 5.41) is 23.4. The highest BCUT2D eigenvalue weighted by Crippen LogP contribution is 2.43. The molecule has 1 saturated heterocycles. The van der Waals surface area contributed by atoms with Crippen LogP contribution < -0.4 is 10.6 Å². The fourth-order valence-corrected chi connectivity index (χ4v) is 4.80. The molecule has 1 heterocycles. The lowest BCUT2D eigenvalue weighted by molar-refractivity contribution is -0.175. The fourth-order valence-electron chi connectivity index (χ4n) is 4.80. The van der Waals surface area contributed by atoms with Gasteiger partial charge < -0.3 is 30.3 Å². The van der Waals surface area contributed by atoms with E-state index in [0.717, 1.165) is 4.90 Å². The molecule has 2 rings (SSSR count). The van der Waals surface area contributed by atoms with Crippen molar-refractivity contribution in [3.05, 3.63) is 12.2 Å². The molecule has 0 aromatic rings. The van der Waals surface area contributed by atoms with Crippen LogP contribution in [0.2, 0.25) is 0 Å². The number of ether oxygens (including phenoxy) is 2. The molecular formula is C28H42F3N3O9. The van der Waals surface area contributed by atoms with Crippen LogP contribution in [0.15, 0.2) is 12.2 Å². The molecule has 1 aliphatic carbocycles. The van der Waals surface area contributed by atoms with E-state index in [1.54, 1.807) is 27.7 Å². The third-order valence-electron chi connectivity index (χ3n) is 6.97. The number of carbonyl (C=O) groups excluding carboxylic acids is 4. The van der Waals surface area contributed by atoms with E-state index in [-0.39, 0.29) is 37.8 Å². The summed E-state index contributed by atoms with van der Waals surface area (Å²) >= 11 is 0. The first-order chi connectivity index (χ1) is 19.9. The zero-order chi connectivity index (χ0) is 32.5. The molecule has 0 aromatic heterocycles. The number of aliphatic hydroxyl groups is 1. The minimum absolute atomic E-state index is 0.00344. The number of aliphatic hydroxyl groups excluding tert-OH is 1. The van der Waals surface area contributed by atoms with E-state index in [1.165, 1.54) is 5.32 Å². The SMILES string of the molecule is CCOC(=O)C(NC(=O)[C@@H]1C[C@@H](O)CN1C(=O)OC(C)(C)C)C1C[C@@H]1/C=C\CCCCC[C@H](NC(=O)C(F)(F)F)C(=O)O. The molecule has 2 fully saturated rings. The molecule has 244 valence electrons. The van der Waals surface area contributed by atoms with Crippen LogP contribution in [0.1, 0.15) is 72.6 Å². The lowest BCUT2D eigenvalue weighted by Crippen LogP contribution is -2.52. The Hall–Kier alpha value is -3.36. The average molecular weight is 622 g/mol. The Morgan fingerprint density at radius 2 is 1.72 bits per heavy atom. The van der Waals surface area contributed by atoms with Crippen LogP contribution in [0.4, 0.5) is 18.0 Å². The van der Waals surface area contributed by atoms with Crippen molar-refractivity contribution in [3.8, 4) is 0 Å². The number of unbranched alkanes of at least 4 members (excludes halogenated alkanes) is 3. The zero-order valence-corrected chi connectivity index (χ0v) is 24.8. The van der Waals surface area contributed by atoms with Crippen molar-refractivity contribution < 1.29 is 56.8 Å². The second-order valence-electron chi connectivity index (χ2n) is 11.8. The van der Waals surface area contributed by atoms with Gasteiger partial charge in [0.25, 0.3) is 0 Å². The van der Waals surface area contributed by atoms with Crippen molar-refractivity contribution in [1.82, 2.24) is 15.5 Å². The number of hydrogen-bond donors (Lipinski definition) is 4. The van der Waals surface area contributed by atoms with Crippen LogP contribution in [0.5, 0.6) is 0 Å². The number of nitrogens with one attached hydrogen (secondary N) is 2. The summed E-state index contributed by atoms with van der Waals surface area (Å²) in [4.78, 5) is 61.8. The van der Waals surface area contributed by atoms with E-state index in [0.29, 0.717) is 32.1 Å². The number of carboxylic acid groups (broad SMARTS) is 1. The molecule has 43 heavy (non-hydrogen) atoms. The van der Waals surface area contributed by atoms with E-state index < -0.39 is 65.9 Å². The van der Waals surface area contributed by atoms with Crippen LogP contribution in [-0.2, 0) is 28.7 Å². The van der Waals surface area contributed by atoms with Crippen LogP contribution in [-0.4, -0.2) is 94.1 Å². The molecular weight excluding hydrogens is 579 g/mol. The molecule has 6 atom stereocenters. The van der Waals surface area contributed by atoms with Gasteiger partial charge in [0, 0.05) is 6.42 Å². The number of nitrogens with zero attached hydrogens (tertiary/aromatic N) is 1. The minimum atomic E-state index is -5.16.